The fourth-order valence-corrected chi connectivity index (χ4v) is 4.62. The van der Waals surface area contributed by atoms with Crippen molar-refractivity contribution in [2.75, 3.05) is 0 Å². The summed E-state index contributed by atoms with van der Waals surface area (Å²) in [4.78, 5) is 20.4. The second-order valence-electron chi connectivity index (χ2n) is 8.73. The summed E-state index contributed by atoms with van der Waals surface area (Å²) in [6.45, 7) is 0. The summed E-state index contributed by atoms with van der Waals surface area (Å²) < 4.78 is 31.3. The highest BCUT2D eigenvalue weighted by Crippen LogP contribution is 2.28. The number of benzene rings is 2. The highest BCUT2D eigenvalue weighted by molar-refractivity contribution is 6.05. The number of carbonyl (C=O) groups is 1. The number of aromatic nitrogens is 4. The molecule has 0 spiro atoms. The van der Waals surface area contributed by atoms with Crippen molar-refractivity contribution in [3.8, 4) is 11.1 Å². The van der Waals surface area contributed by atoms with Crippen molar-refractivity contribution in [2.24, 2.45) is 7.05 Å². The fourth-order valence-electron chi connectivity index (χ4n) is 4.62. The van der Waals surface area contributed by atoms with Gasteiger partial charge in [0.2, 0.25) is 0 Å². The number of hydrogen-bond donors (Lipinski definition) is 2. The van der Waals surface area contributed by atoms with Gasteiger partial charge in [-0.15, -0.1) is 0 Å². The summed E-state index contributed by atoms with van der Waals surface area (Å²) in [6.07, 6.45) is 10.2. The number of aryl methyl sites for hydroxylation is 1. The van der Waals surface area contributed by atoms with E-state index in [0.717, 1.165) is 25.7 Å². The lowest BCUT2D eigenvalue weighted by molar-refractivity contribution is 0.0929. The number of H-pyrrole nitrogens is 1. The van der Waals surface area contributed by atoms with Gasteiger partial charge in [-0.3, -0.25) is 9.48 Å². The van der Waals surface area contributed by atoms with E-state index in [4.69, 9.17) is 0 Å². The van der Waals surface area contributed by atoms with Crippen LogP contribution < -0.4 is 5.32 Å². The van der Waals surface area contributed by atoms with Crippen molar-refractivity contribution in [1.29, 1.82) is 0 Å². The number of nitrogens with zero attached hydrogens (tertiary/aromatic N) is 3. The molecule has 2 aromatic heterocycles. The van der Waals surface area contributed by atoms with Crippen LogP contribution in [-0.2, 0) is 13.5 Å². The Morgan fingerprint density at radius 1 is 1.18 bits per heavy atom. The van der Waals surface area contributed by atoms with Gasteiger partial charge in [0.05, 0.1) is 23.6 Å². The third-order valence-electron chi connectivity index (χ3n) is 6.34. The molecule has 1 fully saturated rings. The molecule has 1 aliphatic rings. The lowest BCUT2D eigenvalue weighted by Crippen LogP contribution is -2.36. The number of rotatable bonds is 5. The molecule has 33 heavy (non-hydrogen) atoms. The molecule has 1 amide bonds. The summed E-state index contributed by atoms with van der Waals surface area (Å²) in [5, 5.41) is 7.15. The summed E-state index contributed by atoms with van der Waals surface area (Å²) >= 11 is 0. The standard InChI is InChI=1S/C25H25F2N5O/c1-32-13-17(12-30-32)19-8-7-16(22(26)23(19)27)9-15-10-20(24-21(11-15)28-14-29-24)25(33)31-18-5-3-2-4-6-18/h7-8,10-14,18H,2-6,9H2,1H3,(H,28,29)(H,31,33). The second-order valence-corrected chi connectivity index (χ2v) is 8.73. The van der Waals surface area contributed by atoms with Crippen molar-refractivity contribution < 1.29 is 13.6 Å². The van der Waals surface area contributed by atoms with Crippen LogP contribution in [0, 0.1) is 11.6 Å². The average molecular weight is 450 g/mol. The van der Waals surface area contributed by atoms with Gasteiger partial charge in [0.1, 0.15) is 5.52 Å². The molecule has 0 aliphatic heterocycles. The molecule has 2 aromatic carbocycles. The van der Waals surface area contributed by atoms with Crippen molar-refractivity contribution in [2.45, 2.75) is 44.6 Å². The minimum absolute atomic E-state index is 0.148. The number of halogens is 2. The Bertz CT molecular complexity index is 1320. The molecule has 2 heterocycles. The molecule has 0 saturated heterocycles. The zero-order valence-electron chi connectivity index (χ0n) is 18.4. The van der Waals surface area contributed by atoms with E-state index in [1.54, 1.807) is 36.1 Å². The first-order chi connectivity index (χ1) is 16.0. The van der Waals surface area contributed by atoms with Crippen LogP contribution in [0.25, 0.3) is 22.2 Å². The lowest BCUT2D eigenvalue weighted by Gasteiger charge is -2.23. The molecule has 2 N–H and O–H groups in total. The van der Waals surface area contributed by atoms with Crippen molar-refractivity contribution in [3.63, 3.8) is 0 Å². The van der Waals surface area contributed by atoms with Crippen molar-refractivity contribution >= 4 is 16.9 Å². The Labute approximate surface area is 190 Å². The number of amides is 1. The zero-order chi connectivity index (χ0) is 22.9. The first-order valence-electron chi connectivity index (χ1n) is 11.2. The van der Waals surface area contributed by atoms with E-state index in [2.05, 4.69) is 20.4 Å². The molecule has 4 aromatic rings. The van der Waals surface area contributed by atoms with Crippen LogP contribution >= 0.6 is 0 Å². The summed E-state index contributed by atoms with van der Waals surface area (Å²) in [6, 6.07) is 6.87. The molecule has 5 rings (SSSR count). The van der Waals surface area contributed by atoms with E-state index in [1.807, 2.05) is 6.07 Å². The molecular weight excluding hydrogens is 424 g/mol. The summed E-state index contributed by atoms with van der Waals surface area (Å²) in [7, 11) is 1.72. The highest BCUT2D eigenvalue weighted by Gasteiger charge is 2.21. The Balaban J connectivity index is 1.44. The highest BCUT2D eigenvalue weighted by atomic mass is 19.2. The van der Waals surface area contributed by atoms with E-state index in [0.29, 0.717) is 27.7 Å². The van der Waals surface area contributed by atoms with Crippen LogP contribution in [0.4, 0.5) is 8.78 Å². The first kappa shape index (κ1) is 21.3. The topological polar surface area (TPSA) is 75.6 Å². The number of aromatic amines is 1. The predicted octanol–water partition coefficient (Wildman–Crippen LogP) is 4.89. The molecule has 8 heteroatoms. The van der Waals surface area contributed by atoms with Crippen LogP contribution in [-0.4, -0.2) is 31.7 Å². The molecule has 6 nitrogen and oxygen atoms in total. The maximum absolute atomic E-state index is 15.0. The minimum atomic E-state index is -0.904. The maximum atomic E-state index is 15.0. The Morgan fingerprint density at radius 3 is 2.76 bits per heavy atom. The van der Waals surface area contributed by atoms with Gasteiger partial charge in [0.15, 0.2) is 11.6 Å². The molecule has 0 radical (unpaired) electrons. The van der Waals surface area contributed by atoms with Crippen molar-refractivity contribution in [3.05, 3.63) is 71.3 Å². The Hall–Kier alpha value is -3.55. The molecular formula is C25H25F2N5O. The number of carbonyl (C=O) groups excluding carboxylic acids is 1. The van der Waals surface area contributed by atoms with E-state index in [9.17, 15) is 13.6 Å². The van der Waals surface area contributed by atoms with E-state index >= 15 is 0 Å². The summed E-state index contributed by atoms with van der Waals surface area (Å²) in [5.41, 5.74) is 3.31. The molecule has 1 saturated carbocycles. The smallest absolute Gasteiger partial charge is 0.253 e. The normalized spacial score (nSPS) is 14.6. The molecule has 0 unspecified atom stereocenters. The fraction of sp³-hybridized carbons (Fsp3) is 0.320. The minimum Gasteiger partial charge on any atom is -0.349 e. The number of nitrogens with one attached hydrogen (secondary N) is 2. The lowest BCUT2D eigenvalue weighted by atomic mass is 9.95. The number of fused-ring (bicyclic) bond motifs is 1. The quantitative estimate of drug-likeness (QED) is 0.455. The van der Waals surface area contributed by atoms with Crippen LogP contribution in [0.3, 0.4) is 0 Å². The van der Waals surface area contributed by atoms with Gasteiger partial charge < -0.3 is 10.3 Å². The van der Waals surface area contributed by atoms with Crippen molar-refractivity contribution in [1.82, 2.24) is 25.1 Å². The van der Waals surface area contributed by atoms with Gasteiger partial charge in [-0.25, -0.2) is 13.8 Å². The van der Waals surface area contributed by atoms with E-state index in [-0.39, 0.29) is 29.5 Å². The SMILES string of the molecule is Cn1cc(-c2ccc(Cc3cc(C(=O)NC4CCCCC4)c4nc[nH]c4c3)c(F)c2F)cn1. The Kier molecular flexibility index (Phi) is 5.66. The summed E-state index contributed by atoms with van der Waals surface area (Å²) in [5.74, 6) is -1.98. The number of hydrogen-bond acceptors (Lipinski definition) is 3. The van der Waals surface area contributed by atoms with Crippen LogP contribution in [0.2, 0.25) is 0 Å². The second kappa shape index (κ2) is 8.77. The zero-order valence-corrected chi connectivity index (χ0v) is 18.4. The van der Waals surface area contributed by atoms with Gasteiger partial charge >= 0.3 is 0 Å². The predicted molar refractivity (Wildman–Crippen MR) is 122 cm³/mol. The first-order valence-corrected chi connectivity index (χ1v) is 11.2. The largest absolute Gasteiger partial charge is 0.349 e. The Morgan fingerprint density at radius 2 is 2.00 bits per heavy atom. The number of imidazole rings is 1. The van der Waals surface area contributed by atoms with E-state index in [1.165, 1.54) is 18.9 Å². The van der Waals surface area contributed by atoms with Crippen LogP contribution in [0.1, 0.15) is 53.6 Å². The maximum Gasteiger partial charge on any atom is 0.253 e. The van der Waals surface area contributed by atoms with Gasteiger partial charge in [0, 0.05) is 36.8 Å². The molecule has 1 aliphatic carbocycles. The van der Waals surface area contributed by atoms with Gasteiger partial charge in [0.25, 0.3) is 5.91 Å². The van der Waals surface area contributed by atoms with Gasteiger partial charge in [-0.2, -0.15) is 5.10 Å². The van der Waals surface area contributed by atoms with Gasteiger partial charge in [-0.1, -0.05) is 31.4 Å². The third-order valence-corrected chi connectivity index (χ3v) is 6.34. The molecule has 0 bridgehead atoms. The average Bonchev–Trinajstić information content (AvgIpc) is 3.46. The molecule has 170 valence electrons. The van der Waals surface area contributed by atoms with Crippen LogP contribution in [0.15, 0.2) is 43.0 Å². The van der Waals surface area contributed by atoms with E-state index < -0.39 is 11.6 Å². The monoisotopic (exact) mass is 449 g/mol. The van der Waals surface area contributed by atoms with Crippen LogP contribution in [0.5, 0.6) is 0 Å². The van der Waals surface area contributed by atoms with Gasteiger partial charge in [-0.05, 0) is 36.1 Å². The molecule has 0 atom stereocenters. The third kappa shape index (κ3) is 4.25.